The monoisotopic (exact) mass is 301 g/mol. The molecule has 1 aromatic carbocycles. The molecule has 2 aromatic rings. The molecule has 0 spiro atoms. The Bertz CT molecular complexity index is 674. The molecule has 0 fully saturated rings. The highest BCUT2D eigenvalue weighted by Crippen LogP contribution is 2.24. The van der Waals surface area contributed by atoms with Crippen LogP contribution in [-0.4, -0.2) is 18.0 Å². The van der Waals surface area contributed by atoms with Crippen molar-refractivity contribution < 1.29 is 9.47 Å². The van der Waals surface area contributed by atoms with Crippen molar-refractivity contribution in [1.29, 1.82) is 0 Å². The number of alkyl halides is 1. The molecular weight excluding hydrogens is 286 g/mol. The second-order valence-corrected chi connectivity index (χ2v) is 4.62. The molecule has 1 aromatic heterocycles. The Labute approximate surface area is 129 Å². The largest absolute Gasteiger partial charge is 0.497 e. The molecule has 108 valence electrons. The average Bonchev–Trinajstić information content (AvgIpc) is 2.51. The Hall–Kier alpha value is -2.18. The van der Waals surface area contributed by atoms with Gasteiger partial charge in [-0.1, -0.05) is 17.9 Å². The van der Waals surface area contributed by atoms with Crippen molar-refractivity contribution in [2.24, 2.45) is 0 Å². The highest BCUT2D eigenvalue weighted by atomic mass is 35.5. The van der Waals surface area contributed by atoms with Gasteiger partial charge in [0.15, 0.2) is 0 Å². The molecule has 0 aliphatic rings. The summed E-state index contributed by atoms with van der Waals surface area (Å²) in [5, 5.41) is 0. The van der Waals surface area contributed by atoms with E-state index in [4.69, 9.17) is 21.1 Å². The van der Waals surface area contributed by atoms with E-state index in [0.29, 0.717) is 12.4 Å². The fraction of sp³-hybridized carbons (Fsp3) is 0.235. The van der Waals surface area contributed by atoms with Crippen LogP contribution < -0.4 is 9.47 Å². The zero-order valence-corrected chi connectivity index (χ0v) is 12.8. The number of benzene rings is 1. The lowest BCUT2D eigenvalue weighted by atomic mass is 10.2. The van der Waals surface area contributed by atoms with Crippen LogP contribution in [0.5, 0.6) is 11.5 Å². The summed E-state index contributed by atoms with van der Waals surface area (Å²) >= 11 is 5.61. The van der Waals surface area contributed by atoms with Crippen LogP contribution in [0.15, 0.2) is 36.4 Å². The van der Waals surface area contributed by atoms with Gasteiger partial charge in [0.25, 0.3) is 0 Å². The Balaban J connectivity index is 2.18. The van der Waals surface area contributed by atoms with Gasteiger partial charge >= 0.3 is 0 Å². The smallest absolute Gasteiger partial charge is 0.135 e. The van der Waals surface area contributed by atoms with Crippen molar-refractivity contribution in [1.82, 2.24) is 4.98 Å². The molecule has 0 saturated heterocycles. The molecule has 1 heterocycles. The molecule has 0 amide bonds. The van der Waals surface area contributed by atoms with Gasteiger partial charge in [0, 0.05) is 5.69 Å². The molecule has 0 radical (unpaired) electrons. The molecule has 0 N–H and O–H groups in total. The number of pyridine rings is 1. The third-order valence-electron chi connectivity index (χ3n) is 2.80. The van der Waals surface area contributed by atoms with Crippen LogP contribution in [0, 0.1) is 18.8 Å². The maximum atomic E-state index is 5.81. The molecule has 0 aliphatic carbocycles. The summed E-state index contributed by atoms with van der Waals surface area (Å²) in [5.74, 6) is 7.50. The maximum Gasteiger partial charge on any atom is 0.135 e. The van der Waals surface area contributed by atoms with Crippen LogP contribution in [0.3, 0.4) is 0 Å². The van der Waals surface area contributed by atoms with Crippen molar-refractivity contribution in [2.75, 3.05) is 13.0 Å². The number of nitrogens with zero attached hydrogens (tertiary/aromatic N) is 1. The fourth-order valence-corrected chi connectivity index (χ4v) is 1.89. The molecule has 21 heavy (non-hydrogen) atoms. The zero-order chi connectivity index (χ0) is 15.1. The first kappa shape index (κ1) is 15.2. The number of methoxy groups -OCH3 is 1. The van der Waals surface area contributed by atoms with Gasteiger partial charge in [-0.05, 0) is 37.3 Å². The van der Waals surface area contributed by atoms with E-state index in [0.717, 1.165) is 22.7 Å². The van der Waals surface area contributed by atoms with Gasteiger partial charge in [-0.15, -0.1) is 11.6 Å². The molecule has 2 rings (SSSR count). The van der Waals surface area contributed by atoms with Gasteiger partial charge in [0.2, 0.25) is 0 Å². The highest BCUT2D eigenvalue weighted by molar-refractivity contribution is 6.19. The van der Waals surface area contributed by atoms with Gasteiger partial charge in [0.1, 0.15) is 18.1 Å². The van der Waals surface area contributed by atoms with Gasteiger partial charge < -0.3 is 9.47 Å². The predicted molar refractivity (Wildman–Crippen MR) is 83.9 cm³/mol. The van der Waals surface area contributed by atoms with Crippen molar-refractivity contribution in [3.63, 3.8) is 0 Å². The fourth-order valence-electron chi connectivity index (χ4n) is 1.82. The van der Waals surface area contributed by atoms with E-state index in [1.807, 2.05) is 43.3 Å². The van der Waals surface area contributed by atoms with Gasteiger partial charge in [-0.25, -0.2) is 0 Å². The minimum absolute atomic E-state index is 0.274. The first-order valence-corrected chi connectivity index (χ1v) is 7.04. The van der Waals surface area contributed by atoms with Crippen LogP contribution in [-0.2, 0) is 6.61 Å². The van der Waals surface area contributed by atoms with Crippen molar-refractivity contribution in [3.8, 4) is 23.3 Å². The molecule has 4 heteroatoms. The summed E-state index contributed by atoms with van der Waals surface area (Å²) < 4.78 is 11.0. The summed E-state index contributed by atoms with van der Waals surface area (Å²) in [7, 11) is 1.62. The summed E-state index contributed by atoms with van der Waals surface area (Å²) in [6.07, 6.45) is 0. The van der Waals surface area contributed by atoms with E-state index in [9.17, 15) is 0 Å². The zero-order valence-electron chi connectivity index (χ0n) is 12.0. The first-order chi connectivity index (χ1) is 10.2. The quantitative estimate of drug-likeness (QED) is 0.639. The lowest BCUT2D eigenvalue weighted by molar-refractivity contribution is 0.299. The van der Waals surface area contributed by atoms with E-state index in [2.05, 4.69) is 16.8 Å². The van der Waals surface area contributed by atoms with Crippen LogP contribution in [0.25, 0.3) is 0 Å². The van der Waals surface area contributed by atoms with Crippen LogP contribution in [0.1, 0.15) is 17.0 Å². The molecule has 0 bridgehead atoms. The molecular formula is C17H16ClNO2. The van der Waals surface area contributed by atoms with E-state index in [-0.39, 0.29) is 5.88 Å². The minimum Gasteiger partial charge on any atom is -0.497 e. The van der Waals surface area contributed by atoms with Gasteiger partial charge in [-0.2, -0.15) is 0 Å². The Kier molecular flexibility index (Phi) is 5.48. The molecule has 0 saturated carbocycles. The van der Waals surface area contributed by atoms with E-state index in [1.165, 1.54) is 0 Å². The standard InChI is InChI=1S/C17H16ClNO2/c1-13-5-3-7-15(19-13)12-21-17-9-8-16(20-2)11-14(17)6-4-10-18/h3,5,7-9,11H,10,12H2,1-2H3. The Morgan fingerprint density at radius 3 is 2.81 bits per heavy atom. The average molecular weight is 302 g/mol. The Morgan fingerprint density at radius 1 is 1.24 bits per heavy atom. The van der Waals surface area contributed by atoms with Crippen molar-refractivity contribution >= 4 is 11.6 Å². The van der Waals surface area contributed by atoms with E-state index < -0.39 is 0 Å². The lowest BCUT2D eigenvalue weighted by Crippen LogP contribution is -2.00. The summed E-state index contributed by atoms with van der Waals surface area (Å²) in [5.41, 5.74) is 2.60. The van der Waals surface area contributed by atoms with Crippen molar-refractivity contribution in [2.45, 2.75) is 13.5 Å². The maximum absolute atomic E-state index is 5.81. The highest BCUT2D eigenvalue weighted by Gasteiger charge is 2.05. The number of hydrogen-bond acceptors (Lipinski definition) is 3. The minimum atomic E-state index is 0.274. The number of aryl methyl sites for hydroxylation is 1. The summed E-state index contributed by atoms with van der Waals surface area (Å²) in [4.78, 5) is 4.41. The number of hydrogen-bond donors (Lipinski definition) is 0. The van der Waals surface area contributed by atoms with E-state index in [1.54, 1.807) is 7.11 Å². The third kappa shape index (κ3) is 4.40. The summed E-state index contributed by atoms with van der Waals surface area (Å²) in [6, 6.07) is 11.4. The van der Waals surface area contributed by atoms with Gasteiger partial charge in [-0.3, -0.25) is 4.98 Å². The number of halogens is 1. The Morgan fingerprint density at radius 2 is 2.10 bits per heavy atom. The number of rotatable bonds is 4. The van der Waals surface area contributed by atoms with E-state index >= 15 is 0 Å². The second-order valence-electron chi connectivity index (χ2n) is 4.36. The lowest BCUT2D eigenvalue weighted by Gasteiger charge is -2.10. The van der Waals surface area contributed by atoms with Crippen LogP contribution >= 0.6 is 11.6 Å². The summed E-state index contributed by atoms with van der Waals surface area (Å²) in [6.45, 7) is 2.35. The molecule has 3 nitrogen and oxygen atoms in total. The first-order valence-electron chi connectivity index (χ1n) is 6.51. The topological polar surface area (TPSA) is 31.4 Å². The predicted octanol–water partition coefficient (Wildman–Crippen LogP) is 3.57. The third-order valence-corrected chi connectivity index (χ3v) is 2.93. The number of aromatic nitrogens is 1. The molecule has 0 aliphatic heterocycles. The normalized spacial score (nSPS) is 9.67. The van der Waals surface area contributed by atoms with Crippen LogP contribution in [0.4, 0.5) is 0 Å². The molecule has 0 unspecified atom stereocenters. The second kappa shape index (κ2) is 7.56. The van der Waals surface area contributed by atoms with Crippen LogP contribution in [0.2, 0.25) is 0 Å². The number of ether oxygens (including phenoxy) is 2. The van der Waals surface area contributed by atoms with Crippen molar-refractivity contribution in [3.05, 3.63) is 53.3 Å². The SMILES string of the molecule is COc1ccc(OCc2cccc(C)n2)c(C#CCCl)c1. The van der Waals surface area contributed by atoms with Gasteiger partial charge in [0.05, 0.1) is 24.2 Å². The molecule has 0 atom stereocenters.